The summed E-state index contributed by atoms with van der Waals surface area (Å²) in [4.78, 5) is 0. The molecule has 0 aliphatic heterocycles. The van der Waals surface area contributed by atoms with Gasteiger partial charge in [-0.2, -0.15) is 0 Å². The summed E-state index contributed by atoms with van der Waals surface area (Å²) in [6.45, 7) is 8.19. The van der Waals surface area contributed by atoms with E-state index in [2.05, 4.69) is 50.4 Å². The van der Waals surface area contributed by atoms with E-state index in [1.165, 1.54) is 5.56 Å². The molecule has 0 aliphatic carbocycles. The van der Waals surface area contributed by atoms with E-state index in [9.17, 15) is 0 Å². The van der Waals surface area contributed by atoms with Gasteiger partial charge in [-0.15, -0.1) is 0 Å². The average molecular weight is 206 g/mol. The van der Waals surface area contributed by atoms with Crippen LogP contribution in [-0.2, 0) is 0 Å². The van der Waals surface area contributed by atoms with Crippen LogP contribution >= 0.6 is 0 Å². The maximum atomic E-state index is 5.69. The van der Waals surface area contributed by atoms with Crippen molar-refractivity contribution in [1.82, 2.24) is 5.32 Å². The van der Waals surface area contributed by atoms with Crippen LogP contribution in [0.25, 0.3) is 0 Å². The molecule has 0 fully saturated rings. The van der Waals surface area contributed by atoms with Crippen molar-refractivity contribution in [1.29, 1.82) is 0 Å². The highest BCUT2D eigenvalue weighted by molar-refractivity contribution is 5.18. The number of nitrogens with one attached hydrogen (secondary N) is 1. The third kappa shape index (κ3) is 4.02. The van der Waals surface area contributed by atoms with Crippen molar-refractivity contribution in [2.75, 3.05) is 13.1 Å². The van der Waals surface area contributed by atoms with Crippen LogP contribution < -0.4 is 11.1 Å². The molecule has 84 valence electrons. The number of hydrogen-bond donors (Lipinski definition) is 2. The summed E-state index contributed by atoms with van der Waals surface area (Å²) >= 11 is 0. The van der Waals surface area contributed by atoms with Gasteiger partial charge in [0, 0.05) is 12.6 Å². The minimum absolute atomic E-state index is 0.170. The van der Waals surface area contributed by atoms with E-state index < -0.39 is 0 Å². The molecule has 1 aromatic rings. The van der Waals surface area contributed by atoms with E-state index in [1.54, 1.807) is 0 Å². The van der Waals surface area contributed by atoms with Crippen LogP contribution in [0, 0.1) is 5.41 Å². The van der Waals surface area contributed by atoms with Crippen molar-refractivity contribution >= 4 is 0 Å². The van der Waals surface area contributed by atoms with Crippen LogP contribution in [0.1, 0.15) is 32.4 Å². The van der Waals surface area contributed by atoms with E-state index in [4.69, 9.17) is 5.73 Å². The molecule has 1 rings (SSSR count). The highest BCUT2D eigenvalue weighted by atomic mass is 14.9. The van der Waals surface area contributed by atoms with Crippen molar-refractivity contribution < 1.29 is 0 Å². The second kappa shape index (κ2) is 5.29. The molecule has 0 heterocycles. The Hall–Kier alpha value is -0.860. The largest absolute Gasteiger partial charge is 0.330 e. The highest BCUT2D eigenvalue weighted by Gasteiger charge is 2.16. The van der Waals surface area contributed by atoms with Crippen molar-refractivity contribution in [2.45, 2.75) is 26.8 Å². The van der Waals surface area contributed by atoms with Crippen LogP contribution in [-0.4, -0.2) is 13.1 Å². The molecule has 15 heavy (non-hydrogen) atoms. The molecule has 0 bridgehead atoms. The van der Waals surface area contributed by atoms with Crippen LogP contribution in [0.3, 0.4) is 0 Å². The lowest BCUT2D eigenvalue weighted by Crippen LogP contribution is -2.36. The van der Waals surface area contributed by atoms with Gasteiger partial charge in [-0.1, -0.05) is 44.2 Å². The predicted octanol–water partition coefficient (Wildman–Crippen LogP) is 2.32. The summed E-state index contributed by atoms with van der Waals surface area (Å²) in [6.07, 6.45) is 0. The van der Waals surface area contributed by atoms with E-state index in [1.807, 2.05) is 6.07 Å². The van der Waals surface area contributed by atoms with E-state index in [-0.39, 0.29) is 5.41 Å². The van der Waals surface area contributed by atoms with Crippen molar-refractivity contribution in [3.8, 4) is 0 Å². The Morgan fingerprint density at radius 3 is 2.40 bits per heavy atom. The van der Waals surface area contributed by atoms with Crippen LogP contribution in [0.2, 0.25) is 0 Å². The van der Waals surface area contributed by atoms with Crippen LogP contribution in [0.4, 0.5) is 0 Å². The normalized spacial score (nSPS) is 13.9. The summed E-state index contributed by atoms with van der Waals surface area (Å²) in [6, 6.07) is 10.9. The van der Waals surface area contributed by atoms with Gasteiger partial charge in [0.15, 0.2) is 0 Å². The lowest BCUT2D eigenvalue weighted by molar-refractivity contribution is 0.335. The Bertz CT molecular complexity index is 280. The molecule has 3 N–H and O–H groups in total. The second-order valence-corrected chi connectivity index (χ2v) is 4.88. The summed E-state index contributed by atoms with van der Waals surface area (Å²) in [5, 5.41) is 3.51. The quantitative estimate of drug-likeness (QED) is 0.776. The number of nitrogens with two attached hydrogens (primary N) is 1. The molecular formula is C13H22N2. The minimum Gasteiger partial charge on any atom is -0.330 e. The molecule has 1 unspecified atom stereocenters. The lowest BCUT2D eigenvalue weighted by Gasteiger charge is -2.25. The minimum atomic E-state index is 0.170. The Balaban J connectivity index is 2.47. The van der Waals surface area contributed by atoms with Gasteiger partial charge in [-0.05, 0) is 24.4 Å². The van der Waals surface area contributed by atoms with E-state index in [0.717, 1.165) is 6.54 Å². The fourth-order valence-electron chi connectivity index (χ4n) is 1.36. The third-order valence-corrected chi connectivity index (χ3v) is 2.74. The molecular weight excluding hydrogens is 184 g/mol. The first-order valence-corrected chi connectivity index (χ1v) is 5.53. The Morgan fingerprint density at radius 2 is 1.87 bits per heavy atom. The lowest BCUT2D eigenvalue weighted by atomic mass is 9.93. The summed E-state index contributed by atoms with van der Waals surface area (Å²) in [7, 11) is 0. The zero-order valence-corrected chi connectivity index (χ0v) is 9.96. The Morgan fingerprint density at radius 1 is 1.27 bits per heavy atom. The second-order valence-electron chi connectivity index (χ2n) is 4.88. The van der Waals surface area contributed by atoms with Crippen molar-refractivity contribution in [2.24, 2.45) is 11.1 Å². The van der Waals surface area contributed by atoms with E-state index in [0.29, 0.717) is 12.6 Å². The fourth-order valence-corrected chi connectivity index (χ4v) is 1.36. The molecule has 0 aliphatic rings. The smallest absolute Gasteiger partial charge is 0.0292 e. The molecule has 0 amide bonds. The zero-order chi connectivity index (χ0) is 11.3. The van der Waals surface area contributed by atoms with Crippen LogP contribution in [0.5, 0.6) is 0 Å². The molecule has 2 nitrogen and oxygen atoms in total. The zero-order valence-electron chi connectivity index (χ0n) is 9.96. The number of rotatable bonds is 5. The summed E-state index contributed by atoms with van der Waals surface area (Å²) < 4.78 is 0. The van der Waals surface area contributed by atoms with Gasteiger partial charge in [0.25, 0.3) is 0 Å². The Labute approximate surface area is 92.9 Å². The molecule has 2 heteroatoms. The molecule has 1 atom stereocenters. The molecule has 0 aromatic heterocycles. The van der Waals surface area contributed by atoms with Gasteiger partial charge in [0.2, 0.25) is 0 Å². The number of benzene rings is 1. The van der Waals surface area contributed by atoms with Gasteiger partial charge in [0.05, 0.1) is 0 Å². The predicted molar refractivity (Wildman–Crippen MR) is 65.7 cm³/mol. The first kappa shape index (κ1) is 12.2. The standard InChI is InChI=1S/C13H22N2/c1-11(12-7-5-4-6-8-12)15-10-13(2,3)9-14/h4-8,11,15H,9-10,14H2,1-3H3. The summed E-state index contributed by atoms with van der Waals surface area (Å²) in [5.41, 5.74) is 7.19. The first-order chi connectivity index (χ1) is 7.05. The maximum Gasteiger partial charge on any atom is 0.0292 e. The fraction of sp³-hybridized carbons (Fsp3) is 0.538. The third-order valence-electron chi connectivity index (χ3n) is 2.74. The highest BCUT2D eigenvalue weighted by Crippen LogP contribution is 2.15. The molecule has 0 saturated carbocycles. The van der Waals surface area contributed by atoms with Gasteiger partial charge < -0.3 is 11.1 Å². The van der Waals surface area contributed by atoms with Gasteiger partial charge in [-0.25, -0.2) is 0 Å². The van der Waals surface area contributed by atoms with Crippen LogP contribution in [0.15, 0.2) is 30.3 Å². The topological polar surface area (TPSA) is 38.0 Å². The van der Waals surface area contributed by atoms with Gasteiger partial charge >= 0.3 is 0 Å². The SMILES string of the molecule is CC(NCC(C)(C)CN)c1ccccc1. The molecule has 1 aromatic carbocycles. The van der Waals surface area contributed by atoms with Crippen molar-refractivity contribution in [3.63, 3.8) is 0 Å². The average Bonchev–Trinajstić information content (AvgIpc) is 2.27. The van der Waals surface area contributed by atoms with E-state index >= 15 is 0 Å². The first-order valence-electron chi connectivity index (χ1n) is 5.53. The van der Waals surface area contributed by atoms with Gasteiger partial charge in [-0.3, -0.25) is 0 Å². The summed E-state index contributed by atoms with van der Waals surface area (Å²) in [5.74, 6) is 0. The Kier molecular flexibility index (Phi) is 4.30. The monoisotopic (exact) mass is 206 g/mol. The maximum absolute atomic E-state index is 5.69. The number of hydrogen-bond acceptors (Lipinski definition) is 2. The van der Waals surface area contributed by atoms with Gasteiger partial charge in [0.1, 0.15) is 0 Å². The molecule has 0 radical (unpaired) electrons. The molecule has 0 saturated heterocycles. The molecule has 0 spiro atoms. The van der Waals surface area contributed by atoms with Crippen molar-refractivity contribution in [3.05, 3.63) is 35.9 Å².